The Balaban J connectivity index is 2.33. The van der Waals surface area contributed by atoms with Gasteiger partial charge in [-0.2, -0.15) is 0 Å². The zero-order chi connectivity index (χ0) is 13.8. The van der Waals surface area contributed by atoms with Gasteiger partial charge in [-0.3, -0.25) is 0 Å². The van der Waals surface area contributed by atoms with Gasteiger partial charge in [-0.05, 0) is 12.0 Å². The number of nitrogen functional groups attached to an aromatic ring is 1. The van der Waals surface area contributed by atoms with Gasteiger partial charge in [0, 0.05) is 18.9 Å². The summed E-state index contributed by atoms with van der Waals surface area (Å²) < 4.78 is 2.17. The average molecular weight is 257 g/mol. The van der Waals surface area contributed by atoms with Gasteiger partial charge >= 0.3 is 0 Å². The molecule has 0 unspecified atom stereocenters. The van der Waals surface area contributed by atoms with Crippen molar-refractivity contribution in [1.82, 2.24) is 9.55 Å². The number of imidazole rings is 1. The third-order valence-corrected chi connectivity index (χ3v) is 3.29. The zero-order valence-electron chi connectivity index (χ0n) is 12.1. The predicted molar refractivity (Wildman–Crippen MR) is 80.3 cm³/mol. The van der Waals surface area contributed by atoms with E-state index in [2.05, 4.69) is 49.6 Å². The molecule has 0 fully saturated rings. The van der Waals surface area contributed by atoms with Crippen LogP contribution in [0.3, 0.4) is 0 Å². The minimum absolute atomic E-state index is 0.401. The number of hydrogen-bond acceptors (Lipinski definition) is 2. The summed E-state index contributed by atoms with van der Waals surface area (Å²) in [5, 5.41) is 0. The molecule has 0 atom stereocenters. The molecule has 0 radical (unpaired) electrons. The second-order valence-corrected chi connectivity index (χ2v) is 5.27. The van der Waals surface area contributed by atoms with Crippen LogP contribution in [0.1, 0.15) is 50.2 Å². The number of nitrogens with zero attached hydrogens (tertiary/aromatic N) is 2. The van der Waals surface area contributed by atoms with Crippen molar-refractivity contribution >= 4 is 5.82 Å². The molecule has 0 saturated heterocycles. The Morgan fingerprint density at radius 2 is 1.89 bits per heavy atom. The van der Waals surface area contributed by atoms with E-state index in [0.29, 0.717) is 5.92 Å². The summed E-state index contributed by atoms with van der Waals surface area (Å²) in [5.41, 5.74) is 8.53. The van der Waals surface area contributed by atoms with Crippen LogP contribution in [0.4, 0.5) is 5.82 Å². The van der Waals surface area contributed by atoms with Gasteiger partial charge in [0.15, 0.2) is 0 Å². The normalized spacial score (nSPS) is 11.2. The van der Waals surface area contributed by atoms with Crippen molar-refractivity contribution in [2.75, 3.05) is 5.73 Å². The van der Waals surface area contributed by atoms with E-state index < -0.39 is 0 Å². The van der Waals surface area contributed by atoms with Crippen LogP contribution >= 0.6 is 0 Å². The molecule has 2 N–H and O–H groups in total. The summed E-state index contributed by atoms with van der Waals surface area (Å²) in [6.45, 7) is 7.45. The fourth-order valence-electron chi connectivity index (χ4n) is 2.35. The third kappa shape index (κ3) is 2.98. The number of hydrogen-bond donors (Lipinski definition) is 1. The molecule has 102 valence electrons. The first-order valence-electron chi connectivity index (χ1n) is 7.02. The van der Waals surface area contributed by atoms with Crippen LogP contribution in [0.2, 0.25) is 0 Å². The van der Waals surface area contributed by atoms with Crippen LogP contribution < -0.4 is 5.73 Å². The smallest absolute Gasteiger partial charge is 0.127 e. The van der Waals surface area contributed by atoms with Crippen LogP contribution in [-0.4, -0.2) is 9.55 Å². The molecular formula is C16H23N3. The van der Waals surface area contributed by atoms with Crippen molar-refractivity contribution < 1.29 is 0 Å². The zero-order valence-corrected chi connectivity index (χ0v) is 12.1. The second kappa shape index (κ2) is 5.91. The summed E-state index contributed by atoms with van der Waals surface area (Å²) in [7, 11) is 0. The molecule has 1 heterocycles. The van der Waals surface area contributed by atoms with Crippen LogP contribution in [0.5, 0.6) is 0 Å². The Morgan fingerprint density at radius 1 is 1.21 bits per heavy atom. The van der Waals surface area contributed by atoms with Gasteiger partial charge in [0.2, 0.25) is 0 Å². The highest BCUT2D eigenvalue weighted by atomic mass is 15.1. The molecule has 0 bridgehead atoms. The van der Waals surface area contributed by atoms with Crippen LogP contribution in [-0.2, 0) is 13.0 Å². The SMILES string of the molecule is CCCn1c(C(C)C)nc(Cc2ccccc2)c1N. The number of rotatable bonds is 5. The standard InChI is InChI=1S/C16H23N3/c1-4-10-19-15(17)14(18-16(19)12(2)3)11-13-8-6-5-7-9-13/h5-9,12H,4,10-11,17H2,1-3H3. The highest BCUT2D eigenvalue weighted by molar-refractivity contribution is 5.42. The molecule has 19 heavy (non-hydrogen) atoms. The molecule has 0 aliphatic carbocycles. The Labute approximate surface area is 115 Å². The van der Waals surface area contributed by atoms with Gasteiger partial charge in [0.05, 0.1) is 5.69 Å². The molecule has 0 spiro atoms. The lowest BCUT2D eigenvalue weighted by molar-refractivity contribution is 0.616. The van der Waals surface area contributed by atoms with E-state index in [4.69, 9.17) is 10.7 Å². The lowest BCUT2D eigenvalue weighted by atomic mass is 10.1. The summed E-state index contributed by atoms with van der Waals surface area (Å²) >= 11 is 0. The Hall–Kier alpha value is -1.77. The average Bonchev–Trinajstić information content (AvgIpc) is 2.70. The number of benzene rings is 1. The predicted octanol–water partition coefficient (Wildman–Crippen LogP) is 3.59. The van der Waals surface area contributed by atoms with Gasteiger partial charge in [-0.25, -0.2) is 4.98 Å². The molecule has 0 amide bonds. The number of nitrogens with two attached hydrogens (primary N) is 1. The molecule has 1 aromatic heterocycles. The summed E-state index contributed by atoms with van der Waals surface area (Å²) in [6.07, 6.45) is 1.88. The molecule has 1 aromatic carbocycles. The highest BCUT2D eigenvalue weighted by Crippen LogP contribution is 2.23. The van der Waals surface area contributed by atoms with E-state index in [0.717, 1.165) is 36.7 Å². The minimum Gasteiger partial charge on any atom is -0.384 e. The molecular weight excluding hydrogens is 234 g/mol. The van der Waals surface area contributed by atoms with Crippen molar-refractivity contribution in [3.8, 4) is 0 Å². The van der Waals surface area contributed by atoms with Gasteiger partial charge in [0.25, 0.3) is 0 Å². The first kappa shape index (κ1) is 13.7. The molecule has 0 saturated carbocycles. The van der Waals surface area contributed by atoms with E-state index >= 15 is 0 Å². The third-order valence-electron chi connectivity index (χ3n) is 3.29. The molecule has 2 rings (SSSR count). The quantitative estimate of drug-likeness (QED) is 0.889. The van der Waals surface area contributed by atoms with Crippen molar-refractivity contribution in [2.24, 2.45) is 0 Å². The lowest BCUT2D eigenvalue weighted by Crippen LogP contribution is -2.08. The van der Waals surface area contributed by atoms with Crippen LogP contribution in [0, 0.1) is 0 Å². The minimum atomic E-state index is 0.401. The maximum Gasteiger partial charge on any atom is 0.127 e. The van der Waals surface area contributed by atoms with E-state index in [1.807, 2.05) is 6.07 Å². The van der Waals surface area contributed by atoms with Crippen molar-refractivity contribution in [3.63, 3.8) is 0 Å². The van der Waals surface area contributed by atoms with E-state index in [-0.39, 0.29) is 0 Å². The Kier molecular flexibility index (Phi) is 4.25. The molecule has 0 aliphatic rings. The maximum atomic E-state index is 6.28. The van der Waals surface area contributed by atoms with Gasteiger partial charge in [0.1, 0.15) is 11.6 Å². The topological polar surface area (TPSA) is 43.8 Å². The van der Waals surface area contributed by atoms with Gasteiger partial charge in [-0.1, -0.05) is 51.1 Å². The van der Waals surface area contributed by atoms with E-state index in [9.17, 15) is 0 Å². The van der Waals surface area contributed by atoms with Gasteiger partial charge < -0.3 is 10.3 Å². The molecule has 3 nitrogen and oxygen atoms in total. The first-order chi connectivity index (χ1) is 9.13. The van der Waals surface area contributed by atoms with Crippen molar-refractivity contribution in [2.45, 2.75) is 46.1 Å². The summed E-state index contributed by atoms with van der Waals surface area (Å²) in [4.78, 5) is 4.76. The largest absolute Gasteiger partial charge is 0.384 e. The molecule has 0 aliphatic heterocycles. The summed E-state index contributed by atoms with van der Waals surface area (Å²) in [6, 6.07) is 10.4. The molecule has 3 heteroatoms. The molecule has 2 aromatic rings. The number of aromatic nitrogens is 2. The van der Waals surface area contributed by atoms with Crippen molar-refractivity contribution in [1.29, 1.82) is 0 Å². The maximum absolute atomic E-state index is 6.28. The summed E-state index contributed by atoms with van der Waals surface area (Å²) in [5.74, 6) is 2.33. The van der Waals surface area contributed by atoms with Gasteiger partial charge in [-0.15, -0.1) is 0 Å². The lowest BCUT2D eigenvalue weighted by Gasteiger charge is -2.10. The Morgan fingerprint density at radius 3 is 2.47 bits per heavy atom. The first-order valence-corrected chi connectivity index (χ1v) is 7.02. The van der Waals surface area contributed by atoms with E-state index in [1.165, 1.54) is 5.56 Å². The Bertz CT molecular complexity index is 526. The van der Waals surface area contributed by atoms with Crippen LogP contribution in [0.15, 0.2) is 30.3 Å². The highest BCUT2D eigenvalue weighted by Gasteiger charge is 2.16. The van der Waals surface area contributed by atoms with Crippen LogP contribution in [0.25, 0.3) is 0 Å². The number of anilines is 1. The second-order valence-electron chi connectivity index (χ2n) is 5.27. The fourth-order valence-corrected chi connectivity index (χ4v) is 2.35. The van der Waals surface area contributed by atoms with E-state index in [1.54, 1.807) is 0 Å². The van der Waals surface area contributed by atoms with Crippen molar-refractivity contribution in [3.05, 3.63) is 47.4 Å². The fraction of sp³-hybridized carbons (Fsp3) is 0.438. The monoisotopic (exact) mass is 257 g/mol.